The van der Waals surface area contributed by atoms with E-state index in [0.717, 1.165) is 57.3 Å². The van der Waals surface area contributed by atoms with Crippen molar-refractivity contribution in [1.82, 2.24) is 50.3 Å². The number of fused-ring (bicyclic) bond motifs is 6. The number of nitrogens with one attached hydrogen (secondary N) is 5. The summed E-state index contributed by atoms with van der Waals surface area (Å²) in [4.78, 5) is 112. The maximum atomic E-state index is 12.9. The van der Waals surface area contributed by atoms with Crippen LogP contribution in [-0.4, -0.2) is 147 Å². The summed E-state index contributed by atoms with van der Waals surface area (Å²) in [5.41, 5.74) is 7.59. The van der Waals surface area contributed by atoms with E-state index < -0.39 is 52.1 Å². The number of hydrogen-bond donors (Lipinski definition) is 9. The van der Waals surface area contributed by atoms with Gasteiger partial charge in [-0.25, -0.2) is 19.9 Å². The van der Waals surface area contributed by atoms with Crippen LogP contribution >= 0.6 is 24.0 Å². The van der Waals surface area contributed by atoms with Gasteiger partial charge in [-0.05, 0) is 114 Å². The maximum absolute atomic E-state index is 12.9. The number of para-hydroxylation sites is 2. The Kier molecular flexibility index (Phi) is 31.8. The van der Waals surface area contributed by atoms with Gasteiger partial charge in [0, 0.05) is 62.6 Å². The van der Waals surface area contributed by atoms with E-state index in [2.05, 4.69) is 36.6 Å². The summed E-state index contributed by atoms with van der Waals surface area (Å²) in [7, 11) is 0. The number of aryl methyl sites for hydroxylation is 1. The van der Waals surface area contributed by atoms with Crippen molar-refractivity contribution in [3.8, 4) is 0 Å². The quantitative estimate of drug-likeness (QED) is 0.0114. The zero-order valence-corrected chi connectivity index (χ0v) is 57.8. The molecule has 6 rings (SSSR count). The molecule has 0 aliphatic heterocycles. The number of hydrogen-bond acceptors (Lipinski definition) is 18. The Bertz CT molecular complexity index is 3450. The number of aliphatic carboxylic acids is 1. The number of benzene rings is 2. The number of imidazole rings is 2. The third kappa shape index (κ3) is 28.5. The van der Waals surface area contributed by atoms with Crippen LogP contribution in [-0.2, 0) is 78.7 Å². The zero-order chi connectivity index (χ0) is 67.7. The average Bonchev–Trinajstić information content (AvgIpc) is 1.58. The van der Waals surface area contributed by atoms with E-state index in [1.54, 1.807) is 69.2 Å². The standard InChI is InChI=1S/C32H46N6O6.C17H22N4O2.C16H28N2O6.HI/c1-7-23-36-28-29(38(23)20-32(5,6)43)21-13-10-11-14-22(21)35-30(28)37-25(40)15-9-8-12-18-33-26(41)19-34-24(39)16-17-27(42)44-31(2,3)4;1-4-23-9-13-20-14-15(21(13)10-17(2,3)22)11-7-5-6-8-12(11)19-16(14)18;1-16(2,3)24-15(23)9-8-12(19)18-11-13(20)17-10-6-4-5-7-14(21)22;/h10-11,13-14,43H,7-9,12,15-20H2,1-6H3,(H,33,41)(H,34,39)(H,35,37,40);5-8,22H,4,9-10H2,1-3H3,(H2,18,19);4-11H2,1-3H3,(H,17,20)(H,18,19)(H,21,22);1H. The number of nitrogens with zero attached hydrogens (tertiary/aromatic N) is 6. The molecule has 4 aromatic heterocycles. The van der Waals surface area contributed by atoms with E-state index in [0.29, 0.717) is 94.2 Å². The van der Waals surface area contributed by atoms with E-state index in [9.17, 15) is 48.6 Å². The smallest absolute Gasteiger partial charge is 0.306 e. The summed E-state index contributed by atoms with van der Waals surface area (Å²) in [6, 6.07) is 15.5. The summed E-state index contributed by atoms with van der Waals surface area (Å²) in [5, 5.41) is 44.5. The highest BCUT2D eigenvalue weighted by atomic mass is 127. The molecule has 26 nitrogen and oxygen atoms in total. The number of anilines is 2. The average molecular weight is 1400 g/mol. The first-order valence-corrected chi connectivity index (χ1v) is 31.0. The van der Waals surface area contributed by atoms with Gasteiger partial charge in [0.1, 0.15) is 40.5 Å². The molecule has 6 aromatic rings. The minimum absolute atomic E-state index is 0. The molecule has 10 N–H and O–H groups in total. The Morgan fingerprint density at radius 2 is 0.967 bits per heavy atom. The highest BCUT2D eigenvalue weighted by molar-refractivity contribution is 14.0. The Hall–Kier alpha value is -7.63. The van der Waals surface area contributed by atoms with Gasteiger partial charge in [0.2, 0.25) is 29.5 Å². The summed E-state index contributed by atoms with van der Waals surface area (Å²) >= 11 is 0. The number of carboxylic acid groups (broad SMARTS) is 1. The number of nitrogens with two attached hydrogens (primary N) is 1. The molecule has 0 spiro atoms. The van der Waals surface area contributed by atoms with Gasteiger partial charge in [0.25, 0.3) is 0 Å². The molecule has 0 saturated heterocycles. The third-order valence-electron chi connectivity index (χ3n) is 13.1. The van der Waals surface area contributed by atoms with Gasteiger partial charge in [0.15, 0.2) is 11.6 Å². The summed E-state index contributed by atoms with van der Waals surface area (Å²) in [6.45, 7) is 23.8. The van der Waals surface area contributed by atoms with Crippen LogP contribution in [0.3, 0.4) is 0 Å². The maximum Gasteiger partial charge on any atom is 0.306 e. The number of carboxylic acids is 1. The second-order valence-electron chi connectivity index (χ2n) is 25.2. The van der Waals surface area contributed by atoms with Gasteiger partial charge >= 0.3 is 17.9 Å². The van der Waals surface area contributed by atoms with Crippen LogP contribution in [0.25, 0.3) is 43.9 Å². The van der Waals surface area contributed by atoms with Crippen molar-refractivity contribution in [2.45, 2.75) is 209 Å². The summed E-state index contributed by atoms with van der Waals surface area (Å²) < 4.78 is 19.8. The molecule has 2 aromatic carbocycles. The van der Waals surface area contributed by atoms with Crippen molar-refractivity contribution in [2.75, 3.05) is 43.8 Å². The fraction of sp³-hybridized carbons (Fsp3) is 0.569. The van der Waals surface area contributed by atoms with Gasteiger partial charge in [-0.3, -0.25) is 38.4 Å². The van der Waals surface area contributed by atoms with E-state index in [4.69, 9.17) is 35.0 Å². The minimum atomic E-state index is -0.956. The molecular formula is C65H97IN12O14. The van der Waals surface area contributed by atoms with Crippen LogP contribution in [0, 0.1) is 0 Å². The molecular weight excluding hydrogens is 1300 g/mol. The molecule has 0 aliphatic rings. The fourth-order valence-corrected chi connectivity index (χ4v) is 9.25. The lowest BCUT2D eigenvalue weighted by molar-refractivity contribution is -0.156. The minimum Gasteiger partial charge on any atom is -0.481 e. The van der Waals surface area contributed by atoms with Crippen LogP contribution in [0.15, 0.2) is 48.5 Å². The lowest BCUT2D eigenvalue weighted by Gasteiger charge is -2.20. The number of esters is 2. The van der Waals surface area contributed by atoms with Crippen LogP contribution in [0.5, 0.6) is 0 Å². The number of carbonyl (C=O) groups excluding carboxylic acids is 7. The predicted octanol–water partition coefficient (Wildman–Crippen LogP) is 7.85. The molecule has 0 atom stereocenters. The first-order valence-electron chi connectivity index (χ1n) is 31.0. The van der Waals surface area contributed by atoms with Gasteiger partial charge in [-0.1, -0.05) is 56.2 Å². The van der Waals surface area contributed by atoms with Crippen molar-refractivity contribution in [3.63, 3.8) is 0 Å². The Labute approximate surface area is 555 Å². The summed E-state index contributed by atoms with van der Waals surface area (Å²) in [6.07, 6.45) is 4.89. The number of unbranched alkanes of at least 4 members (excludes halogenated alkanes) is 4. The molecule has 5 amide bonds. The first kappa shape index (κ1) is 78.6. The molecule has 0 saturated carbocycles. The number of carbonyl (C=O) groups is 8. The summed E-state index contributed by atoms with van der Waals surface area (Å²) in [5.74, 6) is -1.02. The number of aliphatic hydroxyl groups is 2. The highest BCUT2D eigenvalue weighted by Gasteiger charge is 2.26. The lowest BCUT2D eigenvalue weighted by Crippen LogP contribution is -2.37. The Morgan fingerprint density at radius 1 is 0.522 bits per heavy atom. The van der Waals surface area contributed by atoms with E-state index in [1.807, 2.05) is 71.5 Å². The molecule has 92 heavy (non-hydrogen) atoms. The van der Waals surface area contributed by atoms with Crippen LogP contribution < -0.4 is 32.3 Å². The SMILES string of the molecule is CC(C)(C)OC(=O)CCC(=O)NCC(=O)NCCCCCC(=O)O.CCOCc1nc2c(N)nc3ccccc3c2n1CC(C)(C)O.CCc1nc2c(NC(=O)CCCCCNC(=O)CNC(=O)CCC(=O)OC(C)(C)C)nc3ccccc3c2n1CC(C)(C)O.I. The number of aromatic nitrogens is 6. The number of pyridine rings is 2. The third-order valence-corrected chi connectivity index (χ3v) is 13.1. The topological polar surface area (TPSA) is 373 Å². The van der Waals surface area contributed by atoms with Crippen molar-refractivity contribution >= 4 is 127 Å². The number of rotatable bonds is 31. The number of ether oxygens (including phenoxy) is 3. The lowest BCUT2D eigenvalue weighted by atomic mass is 10.1. The predicted molar refractivity (Wildman–Crippen MR) is 363 cm³/mol. The molecule has 0 radical (unpaired) electrons. The van der Waals surface area contributed by atoms with E-state index >= 15 is 0 Å². The van der Waals surface area contributed by atoms with Gasteiger partial charge in [-0.15, -0.1) is 24.0 Å². The molecule has 0 fully saturated rings. The van der Waals surface area contributed by atoms with Gasteiger partial charge in [0.05, 0.1) is 72.3 Å². The Balaban J connectivity index is 0.000000390. The molecule has 508 valence electrons. The normalized spacial score (nSPS) is 11.6. The van der Waals surface area contributed by atoms with Crippen LogP contribution in [0.4, 0.5) is 11.6 Å². The first-order chi connectivity index (χ1) is 42.7. The number of halogens is 1. The van der Waals surface area contributed by atoms with Gasteiger partial charge in [-0.2, -0.15) is 0 Å². The van der Waals surface area contributed by atoms with E-state index in [1.165, 1.54) is 0 Å². The number of nitrogen functional groups attached to an aromatic ring is 1. The zero-order valence-electron chi connectivity index (χ0n) is 55.5. The molecule has 4 heterocycles. The highest BCUT2D eigenvalue weighted by Crippen LogP contribution is 2.33. The monoisotopic (exact) mass is 1400 g/mol. The molecule has 0 unspecified atom stereocenters. The second-order valence-corrected chi connectivity index (χ2v) is 25.2. The van der Waals surface area contributed by atoms with Crippen LogP contribution in [0.2, 0.25) is 0 Å². The van der Waals surface area contributed by atoms with Crippen molar-refractivity contribution < 1.29 is 67.9 Å². The Morgan fingerprint density at radius 3 is 1.42 bits per heavy atom. The largest absolute Gasteiger partial charge is 0.481 e. The molecule has 27 heteroatoms. The number of amides is 5. The molecule has 0 bridgehead atoms. The molecule has 0 aliphatic carbocycles. The fourth-order valence-electron chi connectivity index (χ4n) is 9.25. The van der Waals surface area contributed by atoms with Gasteiger partial charge < -0.3 is 71.0 Å². The van der Waals surface area contributed by atoms with Crippen molar-refractivity contribution in [1.29, 1.82) is 0 Å². The van der Waals surface area contributed by atoms with E-state index in [-0.39, 0.29) is 93.3 Å². The van der Waals surface area contributed by atoms with Crippen molar-refractivity contribution in [2.24, 2.45) is 0 Å². The van der Waals surface area contributed by atoms with Crippen molar-refractivity contribution in [3.05, 3.63) is 60.2 Å². The second kappa shape index (κ2) is 37.2. The van der Waals surface area contributed by atoms with Crippen LogP contribution in [0.1, 0.15) is 172 Å².